The molecule has 0 radical (unpaired) electrons. The third-order valence-electron chi connectivity index (χ3n) is 3.68. The molecule has 0 aliphatic carbocycles. The molecule has 2 rings (SSSR count). The molecule has 21 heavy (non-hydrogen) atoms. The van der Waals surface area contributed by atoms with E-state index in [0.29, 0.717) is 6.54 Å². The highest BCUT2D eigenvalue weighted by Crippen LogP contribution is 2.18. The van der Waals surface area contributed by atoms with Gasteiger partial charge >= 0.3 is 5.69 Å². The van der Waals surface area contributed by atoms with Crippen molar-refractivity contribution >= 4 is 0 Å². The minimum atomic E-state index is 0.0303. The van der Waals surface area contributed by atoms with Crippen LogP contribution in [0.4, 0.5) is 0 Å². The molecule has 0 amide bonds. The number of aromatic nitrogens is 2. The summed E-state index contributed by atoms with van der Waals surface area (Å²) in [6.45, 7) is 7.98. The van der Waals surface area contributed by atoms with Crippen LogP contribution < -0.4 is 11.0 Å². The van der Waals surface area contributed by atoms with Gasteiger partial charge in [0.05, 0.1) is 6.04 Å². The molecule has 0 bridgehead atoms. The van der Waals surface area contributed by atoms with Gasteiger partial charge in [-0.1, -0.05) is 36.2 Å². The SMILES string of the molecule is CCCNC(Cn1ccn(C)c1=O)c1cc(C)cc(C)c1. The van der Waals surface area contributed by atoms with Gasteiger partial charge in [0.2, 0.25) is 0 Å². The van der Waals surface area contributed by atoms with Crippen molar-refractivity contribution in [3.8, 4) is 0 Å². The molecular formula is C17H25N3O. The van der Waals surface area contributed by atoms with E-state index in [2.05, 4.69) is 44.3 Å². The topological polar surface area (TPSA) is 39.0 Å². The Kier molecular flexibility index (Phi) is 5.02. The summed E-state index contributed by atoms with van der Waals surface area (Å²) in [6, 6.07) is 6.74. The van der Waals surface area contributed by atoms with E-state index in [1.807, 2.05) is 6.20 Å². The summed E-state index contributed by atoms with van der Waals surface area (Å²) in [4.78, 5) is 12.0. The predicted molar refractivity (Wildman–Crippen MR) is 86.6 cm³/mol. The van der Waals surface area contributed by atoms with Crippen LogP contribution in [0, 0.1) is 13.8 Å². The zero-order valence-corrected chi connectivity index (χ0v) is 13.4. The second-order valence-electron chi connectivity index (χ2n) is 5.77. The fourth-order valence-electron chi connectivity index (χ4n) is 2.66. The van der Waals surface area contributed by atoms with Gasteiger partial charge in [-0.3, -0.25) is 4.57 Å². The van der Waals surface area contributed by atoms with Gasteiger partial charge in [0.25, 0.3) is 0 Å². The van der Waals surface area contributed by atoms with Crippen LogP contribution >= 0.6 is 0 Å². The molecule has 114 valence electrons. The van der Waals surface area contributed by atoms with Gasteiger partial charge in [-0.2, -0.15) is 0 Å². The maximum absolute atomic E-state index is 12.0. The van der Waals surface area contributed by atoms with Crippen LogP contribution in [0.5, 0.6) is 0 Å². The van der Waals surface area contributed by atoms with Crippen LogP contribution in [0.1, 0.15) is 36.1 Å². The molecule has 0 aliphatic heterocycles. The Labute approximate surface area is 126 Å². The van der Waals surface area contributed by atoms with Gasteiger partial charge in [0, 0.05) is 26.0 Å². The van der Waals surface area contributed by atoms with E-state index in [1.54, 1.807) is 22.4 Å². The average Bonchev–Trinajstić information content (AvgIpc) is 2.74. The van der Waals surface area contributed by atoms with E-state index < -0.39 is 0 Å². The second-order valence-corrected chi connectivity index (χ2v) is 5.77. The van der Waals surface area contributed by atoms with Gasteiger partial charge in [-0.25, -0.2) is 4.79 Å². The van der Waals surface area contributed by atoms with Gasteiger partial charge < -0.3 is 9.88 Å². The first-order chi connectivity index (χ1) is 10.0. The van der Waals surface area contributed by atoms with E-state index >= 15 is 0 Å². The highest BCUT2D eigenvalue weighted by atomic mass is 16.1. The lowest BCUT2D eigenvalue weighted by atomic mass is 10.0. The largest absolute Gasteiger partial charge is 0.327 e. The highest BCUT2D eigenvalue weighted by molar-refractivity contribution is 5.30. The number of benzene rings is 1. The lowest BCUT2D eigenvalue weighted by molar-refractivity contribution is 0.453. The quantitative estimate of drug-likeness (QED) is 0.887. The normalized spacial score (nSPS) is 12.6. The molecule has 0 spiro atoms. The Morgan fingerprint density at radius 1 is 1.14 bits per heavy atom. The number of aryl methyl sites for hydroxylation is 3. The van der Waals surface area contributed by atoms with Crippen LogP contribution in [0.15, 0.2) is 35.4 Å². The summed E-state index contributed by atoms with van der Waals surface area (Å²) in [6.07, 6.45) is 4.73. The van der Waals surface area contributed by atoms with Crippen molar-refractivity contribution in [3.63, 3.8) is 0 Å². The lowest BCUT2D eigenvalue weighted by Gasteiger charge is -2.20. The number of hydrogen-bond donors (Lipinski definition) is 1. The lowest BCUT2D eigenvalue weighted by Crippen LogP contribution is -2.31. The van der Waals surface area contributed by atoms with Crippen molar-refractivity contribution in [1.29, 1.82) is 0 Å². The first-order valence-electron chi connectivity index (χ1n) is 7.54. The molecule has 1 aromatic carbocycles. The van der Waals surface area contributed by atoms with Crippen molar-refractivity contribution in [1.82, 2.24) is 14.5 Å². The third-order valence-corrected chi connectivity index (χ3v) is 3.68. The molecule has 1 unspecified atom stereocenters. The monoisotopic (exact) mass is 287 g/mol. The molecule has 0 aliphatic rings. The van der Waals surface area contributed by atoms with Crippen LogP contribution in [-0.2, 0) is 13.6 Å². The zero-order valence-electron chi connectivity index (χ0n) is 13.4. The molecule has 1 N–H and O–H groups in total. The summed E-state index contributed by atoms with van der Waals surface area (Å²) in [5.74, 6) is 0. The van der Waals surface area contributed by atoms with Crippen molar-refractivity contribution in [2.24, 2.45) is 7.05 Å². The molecule has 4 heteroatoms. The zero-order chi connectivity index (χ0) is 15.4. The second kappa shape index (κ2) is 6.76. The van der Waals surface area contributed by atoms with Gasteiger partial charge in [0.15, 0.2) is 0 Å². The Morgan fingerprint density at radius 3 is 2.33 bits per heavy atom. The Balaban J connectivity index is 2.29. The van der Waals surface area contributed by atoms with E-state index in [-0.39, 0.29) is 11.7 Å². The maximum atomic E-state index is 12.0. The molecule has 0 saturated heterocycles. The summed E-state index contributed by atoms with van der Waals surface area (Å²) in [7, 11) is 1.78. The number of nitrogens with zero attached hydrogens (tertiary/aromatic N) is 2. The van der Waals surface area contributed by atoms with Crippen molar-refractivity contribution in [2.75, 3.05) is 6.54 Å². The van der Waals surface area contributed by atoms with Crippen LogP contribution in [0.2, 0.25) is 0 Å². The maximum Gasteiger partial charge on any atom is 0.327 e. The highest BCUT2D eigenvalue weighted by Gasteiger charge is 2.14. The van der Waals surface area contributed by atoms with Crippen LogP contribution in [0.3, 0.4) is 0 Å². The van der Waals surface area contributed by atoms with E-state index in [4.69, 9.17) is 0 Å². The fraction of sp³-hybridized carbons (Fsp3) is 0.471. The van der Waals surface area contributed by atoms with Crippen molar-refractivity contribution < 1.29 is 0 Å². The van der Waals surface area contributed by atoms with Crippen molar-refractivity contribution in [3.05, 3.63) is 57.8 Å². The molecule has 2 aromatic rings. The minimum Gasteiger partial charge on any atom is -0.308 e. The van der Waals surface area contributed by atoms with Gasteiger partial charge in [0.1, 0.15) is 0 Å². The summed E-state index contributed by atoms with van der Waals surface area (Å²) < 4.78 is 3.38. The van der Waals surface area contributed by atoms with Gasteiger partial charge in [-0.15, -0.1) is 0 Å². The molecular weight excluding hydrogens is 262 g/mol. The Bertz CT molecular complexity index is 634. The van der Waals surface area contributed by atoms with E-state index in [0.717, 1.165) is 13.0 Å². The Hall–Kier alpha value is -1.81. The molecule has 1 aromatic heterocycles. The van der Waals surface area contributed by atoms with Crippen LogP contribution in [0.25, 0.3) is 0 Å². The number of imidazole rings is 1. The fourth-order valence-corrected chi connectivity index (χ4v) is 2.66. The van der Waals surface area contributed by atoms with Crippen molar-refractivity contribution in [2.45, 2.75) is 39.8 Å². The minimum absolute atomic E-state index is 0.0303. The van der Waals surface area contributed by atoms with E-state index in [9.17, 15) is 4.79 Å². The average molecular weight is 287 g/mol. The molecule has 0 saturated carbocycles. The third kappa shape index (κ3) is 3.85. The molecule has 1 atom stereocenters. The number of hydrogen-bond acceptors (Lipinski definition) is 2. The van der Waals surface area contributed by atoms with Crippen LogP contribution in [-0.4, -0.2) is 15.7 Å². The first-order valence-corrected chi connectivity index (χ1v) is 7.54. The number of rotatable bonds is 6. The van der Waals surface area contributed by atoms with E-state index in [1.165, 1.54) is 16.7 Å². The molecule has 1 heterocycles. The molecule has 4 nitrogen and oxygen atoms in total. The summed E-state index contributed by atoms with van der Waals surface area (Å²) >= 11 is 0. The summed E-state index contributed by atoms with van der Waals surface area (Å²) in [5, 5.41) is 3.56. The number of nitrogens with one attached hydrogen (secondary N) is 1. The van der Waals surface area contributed by atoms with Gasteiger partial charge in [-0.05, 0) is 32.4 Å². The first kappa shape index (κ1) is 15.6. The standard InChI is InChI=1S/C17H25N3O/c1-5-6-18-16(12-20-8-7-19(4)17(20)21)15-10-13(2)9-14(3)11-15/h7-11,16,18H,5-6,12H2,1-4H3. The summed E-state index contributed by atoms with van der Waals surface area (Å²) in [5.41, 5.74) is 3.79. The smallest absolute Gasteiger partial charge is 0.308 e. The molecule has 0 fully saturated rings. The predicted octanol–water partition coefficient (Wildman–Crippen LogP) is 2.54. The Morgan fingerprint density at radius 2 is 1.81 bits per heavy atom.